The second-order valence-corrected chi connectivity index (χ2v) is 8.23. The summed E-state index contributed by atoms with van der Waals surface area (Å²) in [6.07, 6.45) is 7.97. The molecular weight excluding hydrogens is 354 g/mol. The molecule has 2 aliphatic carbocycles. The third-order valence-electron chi connectivity index (χ3n) is 5.87. The Kier molecular flexibility index (Phi) is 5.80. The average Bonchev–Trinajstić information content (AvgIpc) is 3.17. The predicted octanol–water partition coefficient (Wildman–Crippen LogP) is 2.60. The van der Waals surface area contributed by atoms with Gasteiger partial charge in [-0.05, 0) is 44.6 Å². The summed E-state index contributed by atoms with van der Waals surface area (Å²) in [4.78, 5) is 21.2. The maximum Gasteiger partial charge on any atom is 0.223 e. The number of nitrogens with zero attached hydrogens (tertiary/aromatic N) is 3. The fourth-order valence-electron chi connectivity index (χ4n) is 4.14. The summed E-state index contributed by atoms with van der Waals surface area (Å²) in [6.45, 7) is 4.38. The smallest absolute Gasteiger partial charge is 0.223 e. The second kappa shape index (κ2) is 8.47. The largest absolute Gasteiger partial charge is 0.382 e. The number of amides is 1. The first-order valence-electron chi connectivity index (χ1n) is 10.6. The standard InChI is InChI=1S/C21H31N5O2/c1-14-12-17-19(20(22)24-14)25-18(13-15-6-7-15)26(17)9-11-28-10-8-23-21(27)16-4-2-3-5-16/h12,15-16H,2-11,13H2,1H3,(H2,22,24)(H,23,27). The number of carbonyl (C=O) groups is 1. The van der Waals surface area contributed by atoms with E-state index in [4.69, 9.17) is 15.5 Å². The molecule has 2 aromatic rings. The van der Waals surface area contributed by atoms with Crippen LogP contribution >= 0.6 is 0 Å². The van der Waals surface area contributed by atoms with Gasteiger partial charge < -0.3 is 20.4 Å². The van der Waals surface area contributed by atoms with E-state index in [1.54, 1.807) is 0 Å². The van der Waals surface area contributed by atoms with Crippen molar-refractivity contribution in [3.63, 3.8) is 0 Å². The number of carbonyl (C=O) groups excluding carboxylic acids is 1. The van der Waals surface area contributed by atoms with E-state index in [1.807, 2.05) is 6.92 Å². The summed E-state index contributed by atoms with van der Waals surface area (Å²) in [7, 11) is 0. The van der Waals surface area contributed by atoms with E-state index in [0.717, 1.165) is 54.3 Å². The molecule has 28 heavy (non-hydrogen) atoms. The van der Waals surface area contributed by atoms with Crippen LogP contribution in [0.3, 0.4) is 0 Å². The number of hydrogen-bond acceptors (Lipinski definition) is 5. The van der Waals surface area contributed by atoms with Gasteiger partial charge in [-0.15, -0.1) is 0 Å². The van der Waals surface area contributed by atoms with Crippen molar-refractivity contribution >= 4 is 22.8 Å². The van der Waals surface area contributed by atoms with E-state index in [0.29, 0.717) is 25.6 Å². The highest BCUT2D eigenvalue weighted by molar-refractivity contribution is 5.85. The van der Waals surface area contributed by atoms with Crippen molar-refractivity contribution in [1.29, 1.82) is 0 Å². The molecule has 2 heterocycles. The maximum absolute atomic E-state index is 12.0. The van der Waals surface area contributed by atoms with Crippen LogP contribution in [0.1, 0.15) is 50.0 Å². The highest BCUT2D eigenvalue weighted by Gasteiger charge is 2.25. The highest BCUT2D eigenvalue weighted by Crippen LogP contribution is 2.33. The number of pyridine rings is 1. The van der Waals surface area contributed by atoms with Crippen LogP contribution in [0.15, 0.2) is 6.07 Å². The van der Waals surface area contributed by atoms with Gasteiger partial charge in [-0.3, -0.25) is 4.79 Å². The van der Waals surface area contributed by atoms with E-state index >= 15 is 0 Å². The number of imidazole rings is 1. The minimum Gasteiger partial charge on any atom is -0.382 e. The molecule has 0 saturated heterocycles. The van der Waals surface area contributed by atoms with Gasteiger partial charge in [0.25, 0.3) is 0 Å². The number of aryl methyl sites for hydroxylation is 1. The van der Waals surface area contributed by atoms with Crippen LogP contribution in [0.4, 0.5) is 5.82 Å². The van der Waals surface area contributed by atoms with Gasteiger partial charge in [-0.1, -0.05) is 12.8 Å². The molecule has 4 rings (SSSR count). The number of nitrogen functional groups attached to an aromatic ring is 1. The zero-order valence-electron chi connectivity index (χ0n) is 16.7. The summed E-state index contributed by atoms with van der Waals surface area (Å²) in [5.41, 5.74) is 8.84. The third-order valence-corrected chi connectivity index (χ3v) is 5.87. The molecule has 1 amide bonds. The highest BCUT2D eigenvalue weighted by atomic mass is 16.5. The molecule has 0 bridgehead atoms. The first-order chi connectivity index (χ1) is 13.6. The Labute approximate surface area is 166 Å². The van der Waals surface area contributed by atoms with Crippen LogP contribution in [0, 0.1) is 18.8 Å². The van der Waals surface area contributed by atoms with Gasteiger partial charge in [0, 0.05) is 31.1 Å². The number of fused-ring (bicyclic) bond motifs is 1. The SMILES string of the molecule is Cc1cc2c(nc(CC3CC3)n2CCOCCNC(=O)C2CCCC2)c(N)n1. The van der Waals surface area contributed by atoms with Crippen molar-refractivity contribution in [3.05, 3.63) is 17.6 Å². The van der Waals surface area contributed by atoms with Gasteiger partial charge in [0.1, 0.15) is 11.3 Å². The van der Waals surface area contributed by atoms with Crippen LogP contribution in [0.5, 0.6) is 0 Å². The summed E-state index contributed by atoms with van der Waals surface area (Å²) < 4.78 is 8.03. The van der Waals surface area contributed by atoms with Crippen molar-refractivity contribution in [2.45, 2.75) is 58.4 Å². The number of hydrogen-bond donors (Lipinski definition) is 2. The van der Waals surface area contributed by atoms with E-state index in [2.05, 4.69) is 20.9 Å². The van der Waals surface area contributed by atoms with Crippen molar-refractivity contribution in [2.24, 2.45) is 11.8 Å². The van der Waals surface area contributed by atoms with E-state index < -0.39 is 0 Å². The molecule has 0 radical (unpaired) electrons. The zero-order chi connectivity index (χ0) is 19.5. The number of nitrogens with one attached hydrogen (secondary N) is 1. The molecule has 0 aliphatic heterocycles. The van der Waals surface area contributed by atoms with Gasteiger partial charge >= 0.3 is 0 Å². The lowest BCUT2D eigenvalue weighted by Crippen LogP contribution is -2.32. The second-order valence-electron chi connectivity index (χ2n) is 8.23. The monoisotopic (exact) mass is 385 g/mol. The van der Waals surface area contributed by atoms with Crippen LogP contribution in [0.25, 0.3) is 11.0 Å². The summed E-state index contributed by atoms with van der Waals surface area (Å²) in [5.74, 6) is 2.73. The average molecular weight is 386 g/mol. The van der Waals surface area contributed by atoms with E-state index in [-0.39, 0.29) is 11.8 Å². The molecule has 7 nitrogen and oxygen atoms in total. The van der Waals surface area contributed by atoms with E-state index in [9.17, 15) is 4.79 Å². The topological polar surface area (TPSA) is 95.1 Å². The molecule has 0 aromatic carbocycles. The number of aromatic nitrogens is 3. The quantitative estimate of drug-likeness (QED) is 0.647. The Bertz CT molecular complexity index is 837. The summed E-state index contributed by atoms with van der Waals surface area (Å²) in [5, 5.41) is 3.00. The molecule has 0 unspecified atom stereocenters. The van der Waals surface area contributed by atoms with Gasteiger partial charge in [0.15, 0.2) is 5.82 Å². The molecule has 0 spiro atoms. The van der Waals surface area contributed by atoms with E-state index in [1.165, 1.54) is 25.7 Å². The Hall–Kier alpha value is -2.15. The van der Waals surface area contributed by atoms with Crippen molar-refractivity contribution in [2.75, 3.05) is 25.5 Å². The lowest BCUT2D eigenvalue weighted by Gasteiger charge is -2.12. The molecule has 152 valence electrons. The number of anilines is 1. The van der Waals surface area contributed by atoms with Crippen molar-refractivity contribution in [3.8, 4) is 0 Å². The van der Waals surface area contributed by atoms with Gasteiger partial charge in [0.05, 0.1) is 18.7 Å². The maximum atomic E-state index is 12.0. The van der Waals surface area contributed by atoms with Crippen molar-refractivity contribution in [1.82, 2.24) is 19.9 Å². The summed E-state index contributed by atoms with van der Waals surface area (Å²) >= 11 is 0. The number of rotatable bonds is 9. The normalized spacial score (nSPS) is 17.5. The fraction of sp³-hybridized carbons (Fsp3) is 0.667. The molecule has 0 atom stereocenters. The van der Waals surface area contributed by atoms with Crippen LogP contribution < -0.4 is 11.1 Å². The van der Waals surface area contributed by atoms with Crippen LogP contribution in [-0.4, -0.2) is 40.2 Å². The fourth-order valence-corrected chi connectivity index (χ4v) is 4.14. The van der Waals surface area contributed by atoms with Crippen LogP contribution in [-0.2, 0) is 22.5 Å². The molecular formula is C21H31N5O2. The Balaban J connectivity index is 1.31. The van der Waals surface area contributed by atoms with Crippen LogP contribution in [0.2, 0.25) is 0 Å². The molecule has 2 fully saturated rings. The summed E-state index contributed by atoms with van der Waals surface area (Å²) in [6, 6.07) is 2.05. The van der Waals surface area contributed by atoms with Crippen molar-refractivity contribution < 1.29 is 9.53 Å². The Morgan fingerprint density at radius 2 is 2.04 bits per heavy atom. The number of nitrogens with two attached hydrogens (primary N) is 1. The molecule has 2 aliphatic rings. The molecule has 2 aromatic heterocycles. The lowest BCUT2D eigenvalue weighted by molar-refractivity contribution is -0.125. The third kappa shape index (κ3) is 4.46. The predicted molar refractivity (Wildman–Crippen MR) is 109 cm³/mol. The molecule has 2 saturated carbocycles. The van der Waals surface area contributed by atoms with Gasteiger partial charge in [-0.25, -0.2) is 9.97 Å². The first-order valence-corrected chi connectivity index (χ1v) is 10.6. The zero-order valence-corrected chi connectivity index (χ0v) is 16.7. The van der Waals surface area contributed by atoms with Gasteiger partial charge in [0.2, 0.25) is 5.91 Å². The minimum atomic E-state index is 0.187. The minimum absolute atomic E-state index is 0.187. The number of ether oxygens (including phenoxy) is 1. The molecule has 7 heteroatoms. The Morgan fingerprint density at radius 1 is 1.25 bits per heavy atom. The molecule has 3 N–H and O–H groups in total. The Morgan fingerprint density at radius 3 is 2.79 bits per heavy atom. The van der Waals surface area contributed by atoms with Gasteiger partial charge in [-0.2, -0.15) is 0 Å². The lowest BCUT2D eigenvalue weighted by atomic mass is 10.1. The first kappa shape index (κ1) is 19.2.